The normalized spacial score (nSPS) is 10.9. The average Bonchev–Trinajstić information content (AvgIpc) is 2.61. The lowest BCUT2D eigenvalue weighted by molar-refractivity contribution is 1.32. The van der Waals surface area contributed by atoms with Gasteiger partial charge in [0.05, 0.1) is 5.69 Å². The molecule has 4 rings (SSSR count). The first-order valence-corrected chi connectivity index (χ1v) is 8.23. The quantitative estimate of drug-likeness (QED) is 0.430. The zero-order valence-electron chi connectivity index (χ0n) is 14.0. The van der Waals surface area contributed by atoms with E-state index in [0.717, 1.165) is 11.3 Å². The molecule has 0 saturated carbocycles. The van der Waals surface area contributed by atoms with Gasteiger partial charge in [0.15, 0.2) is 0 Å². The van der Waals surface area contributed by atoms with Crippen LogP contribution in [0.5, 0.6) is 0 Å². The minimum absolute atomic E-state index is 1.01. The Kier molecular flexibility index (Phi) is 3.62. The van der Waals surface area contributed by atoms with Crippen LogP contribution in [0.15, 0.2) is 79.0 Å². The van der Waals surface area contributed by atoms with E-state index in [0.29, 0.717) is 0 Å². The highest BCUT2D eigenvalue weighted by Crippen LogP contribution is 2.29. The van der Waals surface area contributed by atoms with E-state index in [-0.39, 0.29) is 0 Å². The van der Waals surface area contributed by atoms with E-state index >= 15 is 0 Å². The summed E-state index contributed by atoms with van der Waals surface area (Å²) in [7, 11) is 0. The van der Waals surface area contributed by atoms with Gasteiger partial charge in [-0.1, -0.05) is 60.2 Å². The number of pyridine rings is 1. The first-order valence-electron chi connectivity index (χ1n) is 8.23. The van der Waals surface area contributed by atoms with Crippen molar-refractivity contribution in [2.45, 2.75) is 13.8 Å². The average molecular weight is 309 g/mol. The van der Waals surface area contributed by atoms with E-state index in [2.05, 4.69) is 91.6 Å². The fourth-order valence-electron chi connectivity index (χ4n) is 3.24. The lowest BCUT2D eigenvalue weighted by Crippen LogP contribution is -1.88. The van der Waals surface area contributed by atoms with Crippen LogP contribution < -0.4 is 0 Å². The Hall–Kier alpha value is -2.93. The van der Waals surface area contributed by atoms with E-state index in [9.17, 15) is 0 Å². The number of hydrogen-bond acceptors (Lipinski definition) is 1. The lowest BCUT2D eigenvalue weighted by atomic mass is 9.97. The first-order chi connectivity index (χ1) is 11.7. The van der Waals surface area contributed by atoms with Crippen molar-refractivity contribution in [3.63, 3.8) is 0 Å². The maximum Gasteiger partial charge on any atom is 0.0708 e. The molecule has 4 aromatic rings. The summed E-state index contributed by atoms with van der Waals surface area (Å²) < 4.78 is 0. The maximum atomic E-state index is 4.59. The highest BCUT2D eigenvalue weighted by atomic mass is 14.7. The summed E-state index contributed by atoms with van der Waals surface area (Å²) in [6.07, 6.45) is 1.90. The second-order valence-corrected chi connectivity index (χ2v) is 6.31. The van der Waals surface area contributed by atoms with Crippen molar-refractivity contribution >= 4 is 10.8 Å². The van der Waals surface area contributed by atoms with E-state index < -0.39 is 0 Å². The van der Waals surface area contributed by atoms with E-state index in [1.807, 2.05) is 6.20 Å². The number of nitrogens with zero attached hydrogens (tertiary/aromatic N) is 1. The molecule has 0 fully saturated rings. The predicted molar refractivity (Wildman–Crippen MR) is 102 cm³/mol. The van der Waals surface area contributed by atoms with Crippen LogP contribution in [-0.4, -0.2) is 4.98 Å². The molecule has 0 N–H and O–H groups in total. The molecule has 1 heterocycles. The monoisotopic (exact) mass is 309 g/mol. The van der Waals surface area contributed by atoms with Crippen LogP contribution in [0.2, 0.25) is 0 Å². The van der Waals surface area contributed by atoms with Gasteiger partial charge in [-0.15, -0.1) is 0 Å². The van der Waals surface area contributed by atoms with E-state index in [1.165, 1.54) is 33.0 Å². The summed E-state index contributed by atoms with van der Waals surface area (Å²) in [6, 6.07) is 25.8. The van der Waals surface area contributed by atoms with Gasteiger partial charge in [-0.05, 0) is 59.5 Å². The summed E-state index contributed by atoms with van der Waals surface area (Å²) in [4.78, 5) is 4.59. The van der Waals surface area contributed by atoms with Crippen LogP contribution in [0, 0.1) is 13.8 Å². The van der Waals surface area contributed by atoms with Crippen molar-refractivity contribution in [2.24, 2.45) is 0 Å². The summed E-state index contributed by atoms with van der Waals surface area (Å²) in [5.74, 6) is 0. The van der Waals surface area contributed by atoms with Crippen molar-refractivity contribution in [1.82, 2.24) is 4.98 Å². The lowest BCUT2D eigenvalue weighted by Gasteiger charge is -2.09. The SMILES string of the molecule is Cc1ccc(-c2ccnc(-c3ccc4ccccc4c3)c2)c(C)c1. The minimum atomic E-state index is 1.01. The Morgan fingerprint density at radius 2 is 1.50 bits per heavy atom. The molecule has 116 valence electrons. The molecule has 1 heteroatoms. The van der Waals surface area contributed by atoms with Crippen molar-refractivity contribution in [2.75, 3.05) is 0 Å². The summed E-state index contributed by atoms with van der Waals surface area (Å²) in [5.41, 5.74) is 7.24. The zero-order chi connectivity index (χ0) is 16.5. The fourth-order valence-corrected chi connectivity index (χ4v) is 3.24. The molecule has 0 radical (unpaired) electrons. The van der Waals surface area contributed by atoms with Crippen LogP contribution in [0.4, 0.5) is 0 Å². The highest BCUT2D eigenvalue weighted by Gasteiger charge is 2.06. The van der Waals surface area contributed by atoms with Gasteiger partial charge >= 0.3 is 0 Å². The number of rotatable bonds is 2. The first kappa shape index (κ1) is 14.6. The van der Waals surface area contributed by atoms with Crippen LogP contribution in [0.25, 0.3) is 33.2 Å². The Labute approximate surface area is 142 Å². The van der Waals surface area contributed by atoms with Gasteiger partial charge in [-0.25, -0.2) is 0 Å². The molecule has 1 aromatic heterocycles. The molecule has 1 nitrogen and oxygen atoms in total. The van der Waals surface area contributed by atoms with E-state index in [4.69, 9.17) is 0 Å². The molecule has 0 atom stereocenters. The molecule has 0 aliphatic heterocycles. The summed E-state index contributed by atoms with van der Waals surface area (Å²) >= 11 is 0. The predicted octanol–water partition coefficient (Wildman–Crippen LogP) is 6.19. The number of aryl methyl sites for hydroxylation is 2. The van der Waals surface area contributed by atoms with Gasteiger partial charge < -0.3 is 0 Å². The fraction of sp³-hybridized carbons (Fsp3) is 0.0870. The van der Waals surface area contributed by atoms with Crippen molar-refractivity contribution < 1.29 is 0 Å². The zero-order valence-corrected chi connectivity index (χ0v) is 14.0. The molecule has 0 unspecified atom stereocenters. The molecular formula is C23H19N. The minimum Gasteiger partial charge on any atom is -0.256 e. The van der Waals surface area contributed by atoms with Crippen molar-refractivity contribution in [1.29, 1.82) is 0 Å². The maximum absolute atomic E-state index is 4.59. The van der Waals surface area contributed by atoms with E-state index in [1.54, 1.807) is 0 Å². The Balaban J connectivity index is 1.81. The molecule has 0 aliphatic rings. The second kappa shape index (κ2) is 5.93. The molecule has 3 aromatic carbocycles. The number of fused-ring (bicyclic) bond motifs is 1. The van der Waals surface area contributed by atoms with Gasteiger partial charge in [0.1, 0.15) is 0 Å². The standard InChI is InChI=1S/C23H19N/c1-16-7-10-22(17(2)13-16)20-11-12-24-23(15-20)21-9-8-18-5-3-4-6-19(18)14-21/h3-15H,1-2H3. The van der Waals surface area contributed by atoms with Crippen LogP contribution in [0.1, 0.15) is 11.1 Å². The van der Waals surface area contributed by atoms with Gasteiger partial charge in [0.25, 0.3) is 0 Å². The van der Waals surface area contributed by atoms with Crippen molar-refractivity contribution in [3.8, 4) is 22.4 Å². The molecular weight excluding hydrogens is 290 g/mol. The van der Waals surface area contributed by atoms with Gasteiger partial charge in [0.2, 0.25) is 0 Å². The Morgan fingerprint density at radius 3 is 2.33 bits per heavy atom. The Morgan fingerprint density at radius 1 is 0.667 bits per heavy atom. The molecule has 0 amide bonds. The van der Waals surface area contributed by atoms with Gasteiger partial charge in [0, 0.05) is 11.8 Å². The number of benzene rings is 3. The summed E-state index contributed by atoms with van der Waals surface area (Å²) in [5, 5.41) is 2.50. The van der Waals surface area contributed by atoms with Crippen molar-refractivity contribution in [3.05, 3.63) is 90.1 Å². The summed E-state index contributed by atoms with van der Waals surface area (Å²) in [6.45, 7) is 4.29. The number of aromatic nitrogens is 1. The third kappa shape index (κ3) is 2.69. The molecule has 0 bridgehead atoms. The largest absolute Gasteiger partial charge is 0.256 e. The Bertz CT molecular complexity index is 1030. The molecule has 0 spiro atoms. The second-order valence-electron chi connectivity index (χ2n) is 6.31. The topological polar surface area (TPSA) is 12.9 Å². The molecule has 0 saturated heterocycles. The molecule has 24 heavy (non-hydrogen) atoms. The third-order valence-corrected chi connectivity index (χ3v) is 4.50. The van der Waals surface area contributed by atoms with Gasteiger partial charge in [-0.2, -0.15) is 0 Å². The van der Waals surface area contributed by atoms with Gasteiger partial charge in [-0.3, -0.25) is 4.98 Å². The van der Waals surface area contributed by atoms with Crippen LogP contribution in [0.3, 0.4) is 0 Å². The van der Waals surface area contributed by atoms with Crippen LogP contribution >= 0.6 is 0 Å². The smallest absolute Gasteiger partial charge is 0.0708 e. The molecule has 0 aliphatic carbocycles. The number of hydrogen-bond donors (Lipinski definition) is 0. The highest BCUT2D eigenvalue weighted by molar-refractivity contribution is 5.87. The third-order valence-electron chi connectivity index (χ3n) is 4.50. The van der Waals surface area contributed by atoms with Crippen LogP contribution in [-0.2, 0) is 0 Å².